The lowest BCUT2D eigenvalue weighted by atomic mass is 10.0. The minimum Gasteiger partial charge on any atom is -0.324 e. The van der Waals surface area contributed by atoms with Crippen molar-refractivity contribution in [2.45, 2.75) is 23.9 Å². The number of amides is 3. The van der Waals surface area contributed by atoms with Crippen LogP contribution in [0, 0.1) is 5.82 Å². The summed E-state index contributed by atoms with van der Waals surface area (Å²) in [5.74, 6) is 0.0717. The third kappa shape index (κ3) is 4.55. The molecule has 2 heterocycles. The zero-order chi connectivity index (χ0) is 22.9. The summed E-state index contributed by atoms with van der Waals surface area (Å²) in [5, 5.41) is 2.63. The van der Waals surface area contributed by atoms with E-state index >= 15 is 0 Å². The van der Waals surface area contributed by atoms with Gasteiger partial charge < -0.3 is 15.1 Å². The highest BCUT2D eigenvalue weighted by Crippen LogP contribution is 2.44. The number of carbonyl (C=O) groups is 2. The Balaban J connectivity index is 1.38. The van der Waals surface area contributed by atoms with Crippen molar-refractivity contribution in [3.63, 3.8) is 0 Å². The van der Waals surface area contributed by atoms with E-state index in [1.165, 1.54) is 30.3 Å². The number of urea groups is 1. The Morgan fingerprint density at radius 2 is 1.69 bits per heavy atom. The number of thioether (sulfide) groups is 1. The largest absolute Gasteiger partial charge is 0.416 e. The molecule has 0 saturated carbocycles. The first-order chi connectivity index (χ1) is 15.2. The number of nitrogens with zero attached hydrogens (tertiary/aromatic N) is 2. The van der Waals surface area contributed by atoms with E-state index in [1.807, 2.05) is 0 Å². The summed E-state index contributed by atoms with van der Waals surface area (Å²) >= 11 is 1.67. The van der Waals surface area contributed by atoms with E-state index in [4.69, 9.17) is 0 Å². The second kappa shape index (κ2) is 8.65. The molecule has 2 fully saturated rings. The molecule has 1 N–H and O–H groups in total. The lowest BCUT2D eigenvalue weighted by Crippen LogP contribution is -2.54. The normalized spacial score (nSPS) is 18.1. The third-order valence-corrected chi connectivity index (χ3v) is 7.34. The van der Waals surface area contributed by atoms with Crippen LogP contribution in [0.5, 0.6) is 0 Å². The molecule has 10 heteroatoms. The van der Waals surface area contributed by atoms with Crippen molar-refractivity contribution in [2.24, 2.45) is 0 Å². The van der Waals surface area contributed by atoms with Crippen LogP contribution < -0.4 is 5.32 Å². The highest BCUT2D eigenvalue weighted by atomic mass is 32.2. The molecule has 0 aromatic heterocycles. The van der Waals surface area contributed by atoms with E-state index in [0.717, 1.165) is 17.9 Å². The standard InChI is InChI=1S/C22H21F4N3O2S/c23-17-3-1-2-15(14-17)19(30)29-12-13-32-21(29)8-10-28(11-9-21)20(31)27-18-6-4-16(5-7-18)22(24,25)26/h1-7,14H,8-13H2,(H,27,31). The molecule has 2 aromatic rings. The molecule has 32 heavy (non-hydrogen) atoms. The first-order valence-corrected chi connectivity index (χ1v) is 11.1. The average molecular weight is 467 g/mol. The predicted octanol–water partition coefficient (Wildman–Crippen LogP) is 5.06. The molecule has 4 rings (SSSR count). The molecule has 0 unspecified atom stereocenters. The Labute approximate surface area is 186 Å². The maximum Gasteiger partial charge on any atom is 0.416 e. The third-order valence-electron chi connectivity index (χ3n) is 5.79. The van der Waals surface area contributed by atoms with Gasteiger partial charge in [0, 0.05) is 36.6 Å². The van der Waals surface area contributed by atoms with Crippen molar-refractivity contribution in [2.75, 3.05) is 30.7 Å². The number of anilines is 1. The molecule has 0 radical (unpaired) electrons. The molecular weight excluding hydrogens is 446 g/mol. The van der Waals surface area contributed by atoms with E-state index in [0.29, 0.717) is 38.0 Å². The highest BCUT2D eigenvalue weighted by molar-refractivity contribution is 8.00. The zero-order valence-corrected chi connectivity index (χ0v) is 17.8. The van der Waals surface area contributed by atoms with Crippen LogP contribution in [0.15, 0.2) is 48.5 Å². The lowest BCUT2D eigenvalue weighted by molar-refractivity contribution is -0.137. The molecule has 2 saturated heterocycles. The van der Waals surface area contributed by atoms with Crippen molar-refractivity contribution >= 4 is 29.4 Å². The van der Waals surface area contributed by atoms with Gasteiger partial charge in [-0.05, 0) is 55.3 Å². The van der Waals surface area contributed by atoms with E-state index < -0.39 is 28.5 Å². The van der Waals surface area contributed by atoms with Gasteiger partial charge in [-0.25, -0.2) is 9.18 Å². The summed E-state index contributed by atoms with van der Waals surface area (Å²) in [7, 11) is 0. The molecule has 0 aliphatic carbocycles. The van der Waals surface area contributed by atoms with Crippen LogP contribution in [0.25, 0.3) is 0 Å². The van der Waals surface area contributed by atoms with Crippen molar-refractivity contribution in [1.29, 1.82) is 0 Å². The number of halogens is 4. The second-order valence-electron chi connectivity index (χ2n) is 7.75. The second-order valence-corrected chi connectivity index (χ2v) is 9.21. The van der Waals surface area contributed by atoms with Crippen molar-refractivity contribution < 1.29 is 27.2 Å². The van der Waals surface area contributed by atoms with Crippen LogP contribution in [0.2, 0.25) is 0 Å². The quantitative estimate of drug-likeness (QED) is 0.629. The first-order valence-electron chi connectivity index (χ1n) is 10.1. The fourth-order valence-corrected chi connectivity index (χ4v) is 5.55. The fourth-order valence-electron chi connectivity index (χ4n) is 4.09. The van der Waals surface area contributed by atoms with Gasteiger partial charge in [-0.3, -0.25) is 4.79 Å². The Morgan fingerprint density at radius 1 is 1.00 bits per heavy atom. The summed E-state index contributed by atoms with van der Waals surface area (Å²) in [5.41, 5.74) is -0.201. The van der Waals surface area contributed by atoms with Gasteiger partial charge in [0.25, 0.3) is 5.91 Å². The Bertz CT molecular complexity index is 1000. The number of piperidine rings is 1. The van der Waals surface area contributed by atoms with Crippen LogP contribution in [-0.2, 0) is 6.18 Å². The molecule has 2 aromatic carbocycles. The van der Waals surface area contributed by atoms with Crippen LogP contribution in [0.3, 0.4) is 0 Å². The molecule has 0 atom stereocenters. The minimum absolute atomic E-state index is 0.225. The van der Waals surface area contributed by atoms with Gasteiger partial charge >= 0.3 is 12.2 Å². The number of rotatable bonds is 2. The van der Waals surface area contributed by atoms with Gasteiger partial charge in [0.1, 0.15) is 5.82 Å². The highest BCUT2D eigenvalue weighted by Gasteiger charge is 2.47. The minimum atomic E-state index is -4.43. The Morgan fingerprint density at radius 3 is 2.31 bits per heavy atom. The lowest BCUT2D eigenvalue weighted by Gasteiger charge is -2.44. The summed E-state index contributed by atoms with van der Waals surface area (Å²) < 4.78 is 51.6. The first kappa shape index (κ1) is 22.4. The molecule has 2 aliphatic rings. The van der Waals surface area contributed by atoms with Gasteiger partial charge in [0.05, 0.1) is 10.4 Å². The van der Waals surface area contributed by atoms with Crippen LogP contribution >= 0.6 is 11.8 Å². The SMILES string of the molecule is O=C(Nc1ccc(C(F)(F)F)cc1)N1CCC2(CC1)SCCN2C(=O)c1cccc(F)c1. The predicted molar refractivity (Wildman–Crippen MR) is 114 cm³/mol. The number of nitrogens with one attached hydrogen (secondary N) is 1. The van der Waals surface area contributed by atoms with E-state index in [1.54, 1.807) is 27.6 Å². The maximum atomic E-state index is 13.6. The van der Waals surface area contributed by atoms with Crippen LogP contribution in [0.1, 0.15) is 28.8 Å². The topological polar surface area (TPSA) is 52.7 Å². The van der Waals surface area contributed by atoms with Gasteiger partial charge in [-0.2, -0.15) is 13.2 Å². The van der Waals surface area contributed by atoms with Crippen molar-refractivity contribution in [3.8, 4) is 0 Å². The van der Waals surface area contributed by atoms with Crippen molar-refractivity contribution in [3.05, 3.63) is 65.5 Å². The Hall–Kier alpha value is -2.75. The van der Waals surface area contributed by atoms with E-state index in [2.05, 4.69) is 5.32 Å². The number of benzene rings is 2. The fraction of sp³-hybridized carbons (Fsp3) is 0.364. The summed E-state index contributed by atoms with van der Waals surface area (Å²) in [6.07, 6.45) is -3.32. The number of alkyl halides is 3. The van der Waals surface area contributed by atoms with Crippen LogP contribution in [0.4, 0.5) is 28.0 Å². The molecule has 3 amide bonds. The number of carbonyl (C=O) groups excluding carboxylic acids is 2. The summed E-state index contributed by atoms with van der Waals surface area (Å²) in [4.78, 5) is 28.5. The molecule has 5 nitrogen and oxygen atoms in total. The van der Waals surface area contributed by atoms with Gasteiger partial charge in [0.15, 0.2) is 0 Å². The van der Waals surface area contributed by atoms with E-state index in [-0.39, 0.29) is 11.6 Å². The molecule has 170 valence electrons. The number of likely N-dealkylation sites (tertiary alicyclic amines) is 1. The molecule has 0 bridgehead atoms. The van der Waals surface area contributed by atoms with E-state index in [9.17, 15) is 27.2 Å². The van der Waals surface area contributed by atoms with Crippen LogP contribution in [-0.4, -0.2) is 52.0 Å². The maximum absolute atomic E-state index is 13.6. The van der Waals surface area contributed by atoms with Crippen molar-refractivity contribution in [1.82, 2.24) is 9.80 Å². The smallest absolute Gasteiger partial charge is 0.324 e. The number of hydrogen-bond acceptors (Lipinski definition) is 3. The summed E-state index contributed by atoms with van der Waals surface area (Å²) in [6, 6.07) is 9.51. The summed E-state index contributed by atoms with van der Waals surface area (Å²) in [6.45, 7) is 1.34. The number of hydrogen-bond donors (Lipinski definition) is 1. The zero-order valence-electron chi connectivity index (χ0n) is 17.0. The Kier molecular flexibility index (Phi) is 6.07. The molecule has 2 aliphatic heterocycles. The molecule has 1 spiro atoms. The molecular formula is C22H21F4N3O2S. The van der Waals surface area contributed by atoms with Gasteiger partial charge in [0.2, 0.25) is 0 Å². The van der Waals surface area contributed by atoms with Gasteiger partial charge in [-0.15, -0.1) is 11.8 Å². The van der Waals surface area contributed by atoms with Gasteiger partial charge in [-0.1, -0.05) is 6.07 Å². The average Bonchev–Trinajstić information content (AvgIpc) is 3.16. The monoisotopic (exact) mass is 467 g/mol.